The van der Waals surface area contributed by atoms with Crippen LogP contribution in [0.4, 0.5) is 10.5 Å². The smallest absolute Gasteiger partial charge is 0.425 e. The number of rotatable bonds is 3. The van der Waals surface area contributed by atoms with Crippen LogP contribution in [0.25, 0.3) is 0 Å². The zero-order valence-electron chi connectivity index (χ0n) is 13.1. The summed E-state index contributed by atoms with van der Waals surface area (Å²) >= 11 is 0. The Bertz CT molecular complexity index is 565. The number of carbonyl (C=O) groups excluding carboxylic acids is 3. The molecule has 0 atom stereocenters. The average molecular weight is 319 g/mol. The lowest BCUT2D eigenvalue weighted by atomic mass is 9.88. The van der Waals surface area contributed by atoms with Crippen LogP contribution in [-0.4, -0.2) is 25.0 Å². The van der Waals surface area contributed by atoms with E-state index in [4.69, 9.17) is 0 Å². The molecule has 1 aliphatic rings. The molecule has 3 N–H and O–H groups in total. The number of methoxy groups -OCH3 is 1. The third-order valence-electron chi connectivity index (χ3n) is 3.85. The Kier molecular flexibility index (Phi) is 5.96. The highest BCUT2D eigenvalue weighted by Crippen LogP contribution is 2.25. The predicted octanol–water partition coefficient (Wildman–Crippen LogP) is 2.21. The first-order valence-corrected chi connectivity index (χ1v) is 7.65. The summed E-state index contributed by atoms with van der Waals surface area (Å²) in [6, 6.07) is 6.47. The van der Waals surface area contributed by atoms with E-state index < -0.39 is 12.0 Å². The van der Waals surface area contributed by atoms with Gasteiger partial charge in [-0.3, -0.25) is 15.0 Å². The molecular formula is C16H21N3O4. The summed E-state index contributed by atoms with van der Waals surface area (Å²) in [4.78, 5) is 34.8. The van der Waals surface area contributed by atoms with Crippen molar-refractivity contribution >= 4 is 23.6 Å². The molecule has 0 radical (unpaired) electrons. The molecule has 2 rings (SSSR count). The molecule has 1 aromatic rings. The van der Waals surface area contributed by atoms with Crippen molar-refractivity contribution in [3.63, 3.8) is 0 Å². The van der Waals surface area contributed by atoms with E-state index in [2.05, 4.69) is 20.9 Å². The van der Waals surface area contributed by atoms with Crippen LogP contribution in [0.2, 0.25) is 0 Å². The van der Waals surface area contributed by atoms with Crippen molar-refractivity contribution in [2.45, 2.75) is 32.1 Å². The maximum absolute atomic E-state index is 12.1. The van der Waals surface area contributed by atoms with Crippen molar-refractivity contribution in [2.24, 2.45) is 5.92 Å². The Labute approximate surface area is 134 Å². The van der Waals surface area contributed by atoms with Crippen LogP contribution in [0.15, 0.2) is 24.3 Å². The van der Waals surface area contributed by atoms with Gasteiger partial charge in [-0.05, 0) is 37.1 Å². The number of benzene rings is 1. The van der Waals surface area contributed by atoms with Gasteiger partial charge in [-0.1, -0.05) is 19.3 Å². The Morgan fingerprint density at radius 3 is 2.26 bits per heavy atom. The van der Waals surface area contributed by atoms with Gasteiger partial charge in [0.2, 0.25) is 5.91 Å². The van der Waals surface area contributed by atoms with Gasteiger partial charge in [-0.25, -0.2) is 10.2 Å². The van der Waals surface area contributed by atoms with E-state index in [-0.39, 0.29) is 11.8 Å². The number of hydrogen-bond donors (Lipinski definition) is 3. The van der Waals surface area contributed by atoms with Crippen LogP contribution in [0.3, 0.4) is 0 Å². The number of amides is 3. The molecule has 7 heteroatoms. The minimum Gasteiger partial charge on any atom is -0.452 e. The third-order valence-corrected chi connectivity index (χ3v) is 3.85. The molecule has 1 fully saturated rings. The molecule has 0 aromatic heterocycles. The first-order valence-electron chi connectivity index (χ1n) is 7.65. The fraction of sp³-hybridized carbons (Fsp3) is 0.438. The van der Waals surface area contributed by atoms with Crippen molar-refractivity contribution in [1.82, 2.24) is 10.9 Å². The van der Waals surface area contributed by atoms with Crippen molar-refractivity contribution in [3.05, 3.63) is 29.8 Å². The Balaban J connectivity index is 1.87. The summed E-state index contributed by atoms with van der Waals surface area (Å²) < 4.78 is 4.34. The molecular weight excluding hydrogens is 298 g/mol. The summed E-state index contributed by atoms with van der Waals surface area (Å²) in [5.41, 5.74) is 5.31. The number of carbonyl (C=O) groups is 3. The number of anilines is 1. The fourth-order valence-corrected chi connectivity index (χ4v) is 2.55. The van der Waals surface area contributed by atoms with Gasteiger partial charge in [0.15, 0.2) is 0 Å². The van der Waals surface area contributed by atoms with Crippen LogP contribution in [0.1, 0.15) is 42.5 Å². The lowest BCUT2D eigenvalue weighted by Crippen LogP contribution is -2.41. The lowest BCUT2D eigenvalue weighted by Gasteiger charge is -2.20. The summed E-state index contributed by atoms with van der Waals surface area (Å²) in [6.45, 7) is 0. The maximum Gasteiger partial charge on any atom is 0.425 e. The van der Waals surface area contributed by atoms with E-state index in [1.165, 1.54) is 13.5 Å². The van der Waals surface area contributed by atoms with Gasteiger partial charge in [0.1, 0.15) is 0 Å². The molecule has 1 aliphatic carbocycles. The van der Waals surface area contributed by atoms with Crippen LogP contribution in [0, 0.1) is 5.92 Å². The Morgan fingerprint density at radius 1 is 1.00 bits per heavy atom. The van der Waals surface area contributed by atoms with E-state index in [9.17, 15) is 14.4 Å². The zero-order valence-corrected chi connectivity index (χ0v) is 13.1. The second-order valence-electron chi connectivity index (χ2n) is 5.47. The van der Waals surface area contributed by atoms with Gasteiger partial charge in [0.25, 0.3) is 5.91 Å². The van der Waals surface area contributed by atoms with E-state index in [1.54, 1.807) is 24.3 Å². The number of hydrogen-bond acceptors (Lipinski definition) is 4. The zero-order chi connectivity index (χ0) is 16.7. The Morgan fingerprint density at radius 2 is 1.65 bits per heavy atom. The molecule has 0 spiro atoms. The Hall–Kier alpha value is -2.57. The minimum absolute atomic E-state index is 0.0364. The second-order valence-corrected chi connectivity index (χ2v) is 5.47. The molecule has 7 nitrogen and oxygen atoms in total. The van der Waals surface area contributed by atoms with E-state index in [0.29, 0.717) is 11.3 Å². The minimum atomic E-state index is -0.755. The van der Waals surface area contributed by atoms with Crippen LogP contribution >= 0.6 is 0 Å². The molecule has 23 heavy (non-hydrogen) atoms. The molecule has 3 amide bonds. The molecule has 0 unspecified atom stereocenters. The SMILES string of the molecule is COC(=O)NNC(=O)c1ccc(NC(=O)C2CCCCC2)cc1. The number of ether oxygens (including phenoxy) is 1. The molecule has 124 valence electrons. The van der Waals surface area contributed by atoms with E-state index in [1.807, 2.05) is 0 Å². The summed E-state index contributed by atoms with van der Waals surface area (Å²) in [7, 11) is 1.20. The summed E-state index contributed by atoms with van der Waals surface area (Å²) in [6.07, 6.45) is 4.52. The quantitative estimate of drug-likeness (QED) is 0.744. The van der Waals surface area contributed by atoms with Gasteiger partial charge < -0.3 is 10.1 Å². The van der Waals surface area contributed by atoms with Crippen molar-refractivity contribution in [3.8, 4) is 0 Å². The lowest BCUT2D eigenvalue weighted by molar-refractivity contribution is -0.120. The molecule has 0 heterocycles. The third kappa shape index (κ3) is 4.98. The average Bonchev–Trinajstić information content (AvgIpc) is 2.60. The highest BCUT2D eigenvalue weighted by molar-refractivity contribution is 5.96. The van der Waals surface area contributed by atoms with E-state index >= 15 is 0 Å². The van der Waals surface area contributed by atoms with Crippen LogP contribution in [0.5, 0.6) is 0 Å². The highest BCUT2D eigenvalue weighted by atomic mass is 16.5. The molecule has 1 aromatic carbocycles. The molecule has 0 saturated heterocycles. The van der Waals surface area contributed by atoms with Gasteiger partial charge in [-0.15, -0.1) is 0 Å². The van der Waals surface area contributed by atoms with Crippen molar-refractivity contribution in [1.29, 1.82) is 0 Å². The first kappa shape index (κ1) is 16.8. The van der Waals surface area contributed by atoms with Gasteiger partial charge in [0.05, 0.1) is 7.11 Å². The van der Waals surface area contributed by atoms with Gasteiger partial charge in [0, 0.05) is 17.2 Å². The van der Waals surface area contributed by atoms with E-state index in [0.717, 1.165) is 25.7 Å². The summed E-state index contributed by atoms with van der Waals surface area (Å²) in [5.74, 6) is -0.356. The topological polar surface area (TPSA) is 96.5 Å². The van der Waals surface area contributed by atoms with Gasteiger partial charge >= 0.3 is 6.09 Å². The van der Waals surface area contributed by atoms with Gasteiger partial charge in [-0.2, -0.15) is 0 Å². The van der Waals surface area contributed by atoms with Crippen LogP contribution in [-0.2, 0) is 9.53 Å². The standard InChI is InChI=1S/C16H21N3O4/c1-23-16(22)19-18-15(21)12-7-9-13(10-8-12)17-14(20)11-5-3-2-4-6-11/h7-11H,2-6H2,1H3,(H,17,20)(H,18,21)(H,19,22). The van der Waals surface area contributed by atoms with Crippen LogP contribution < -0.4 is 16.2 Å². The molecule has 0 aliphatic heterocycles. The molecule has 1 saturated carbocycles. The normalized spacial score (nSPS) is 14.7. The maximum atomic E-state index is 12.1. The van der Waals surface area contributed by atoms with Crippen molar-refractivity contribution in [2.75, 3.05) is 12.4 Å². The predicted molar refractivity (Wildman–Crippen MR) is 84.7 cm³/mol. The highest BCUT2D eigenvalue weighted by Gasteiger charge is 2.21. The fourth-order valence-electron chi connectivity index (χ4n) is 2.55. The summed E-state index contributed by atoms with van der Waals surface area (Å²) in [5, 5.41) is 2.88. The first-order chi connectivity index (χ1) is 11.1. The number of hydrazine groups is 1. The number of nitrogens with one attached hydrogen (secondary N) is 3. The second kappa shape index (κ2) is 8.17. The monoisotopic (exact) mass is 319 g/mol. The van der Waals surface area contributed by atoms with Crippen molar-refractivity contribution < 1.29 is 19.1 Å². The largest absolute Gasteiger partial charge is 0.452 e. The molecule has 0 bridgehead atoms.